The third kappa shape index (κ3) is 5.84. The van der Waals surface area contributed by atoms with Crippen LogP contribution in [-0.2, 0) is 0 Å². The standard InChI is InChI=1S/C16H21N3O2S2/c1-4-5-10-21-13-8-6-12(7-9-13)14(20)17-15-18-19-16(23-15)22-11(2)3/h6-9,11H,4-5,10H2,1-3H3,(H,17,18,20). The summed E-state index contributed by atoms with van der Waals surface area (Å²) < 4.78 is 6.44. The third-order valence-corrected chi connectivity index (χ3v) is 4.77. The van der Waals surface area contributed by atoms with Crippen molar-refractivity contribution in [2.75, 3.05) is 11.9 Å². The minimum atomic E-state index is -0.192. The molecule has 5 nitrogen and oxygen atoms in total. The second-order valence-electron chi connectivity index (χ2n) is 5.22. The lowest BCUT2D eigenvalue weighted by Crippen LogP contribution is -2.11. The number of unbranched alkanes of at least 4 members (excludes halogenated alkanes) is 1. The van der Waals surface area contributed by atoms with E-state index in [1.807, 2.05) is 12.1 Å². The topological polar surface area (TPSA) is 64.1 Å². The monoisotopic (exact) mass is 351 g/mol. The lowest BCUT2D eigenvalue weighted by molar-refractivity contribution is 0.102. The minimum Gasteiger partial charge on any atom is -0.494 e. The number of carbonyl (C=O) groups excluding carboxylic acids is 1. The number of anilines is 1. The van der Waals surface area contributed by atoms with Gasteiger partial charge < -0.3 is 4.74 Å². The molecule has 2 rings (SSSR count). The zero-order valence-electron chi connectivity index (χ0n) is 13.5. The quantitative estimate of drug-likeness (QED) is 0.432. The van der Waals surface area contributed by atoms with Crippen molar-refractivity contribution in [1.82, 2.24) is 10.2 Å². The molecule has 1 aromatic carbocycles. The van der Waals surface area contributed by atoms with Gasteiger partial charge in [0.1, 0.15) is 5.75 Å². The zero-order valence-corrected chi connectivity index (χ0v) is 15.2. The first-order chi connectivity index (χ1) is 11.1. The van der Waals surface area contributed by atoms with Gasteiger partial charge in [-0.05, 0) is 30.7 Å². The number of hydrogen-bond acceptors (Lipinski definition) is 6. The number of aromatic nitrogens is 2. The van der Waals surface area contributed by atoms with Gasteiger partial charge in [-0.3, -0.25) is 10.1 Å². The van der Waals surface area contributed by atoms with E-state index in [1.165, 1.54) is 11.3 Å². The molecule has 124 valence electrons. The highest BCUT2D eigenvalue weighted by molar-refractivity contribution is 8.01. The Hall–Kier alpha value is -1.60. The number of nitrogens with one attached hydrogen (secondary N) is 1. The second kappa shape index (κ2) is 8.88. The van der Waals surface area contributed by atoms with Crippen LogP contribution in [0.2, 0.25) is 0 Å². The number of benzene rings is 1. The van der Waals surface area contributed by atoms with Crippen LogP contribution in [0.25, 0.3) is 0 Å². The molecule has 2 aromatic rings. The van der Waals surface area contributed by atoms with Crippen molar-refractivity contribution in [3.63, 3.8) is 0 Å². The SMILES string of the molecule is CCCCOc1ccc(C(=O)Nc2nnc(SC(C)C)s2)cc1. The molecular formula is C16H21N3O2S2. The van der Waals surface area contributed by atoms with Crippen molar-refractivity contribution in [1.29, 1.82) is 0 Å². The largest absolute Gasteiger partial charge is 0.494 e. The molecule has 1 amide bonds. The first-order valence-corrected chi connectivity index (χ1v) is 9.32. The van der Waals surface area contributed by atoms with Crippen LogP contribution in [0.3, 0.4) is 0 Å². The molecule has 0 saturated carbocycles. The molecule has 23 heavy (non-hydrogen) atoms. The summed E-state index contributed by atoms with van der Waals surface area (Å²) in [5.74, 6) is 0.587. The van der Waals surface area contributed by atoms with Gasteiger partial charge in [0, 0.05) is 10.8 Å². The van der Waals surface area contributed by atoms with Crippen molar-refractivity contribution < 1.29 is 9.53 Å². The van der Waals surface area contributed by atoms with Crippen LogP contribution in [0.5, 0.6) is 5.75 Å². The summed E-state index contributed by atoms with van der Waals surface area (Å²) in [4.78, 5) is 12.2. The molecule has 1 aromatic heterocycles. The Balaban J connectivity index is 1.91. The van der Waals surface area contributed by atoms with Crippen LogP contribution < -0.4 is 10.1 Å². The maximum Gasteiger partial charge on any atom is 0.257 e. The van der Waals surface area contributed by atoms with Crippen LogP contribution >= 0.6 is 23.1 Å². The number of thioether (sulfide) groups is 1. The Morgan fingerprint density at radius 2 is 2.04 bits per heavy atom. The Morgan fingerprint density at radius 1 is 1.30 bits per heavy atom. The number of carbonyl (C=O) groups is 1. The number of rotatable bonds is 8. The van der Waals surface area contributed by atoms with Gasteiger partial charge in [-0.15, -0.1) is 10.2 Å². The van der Waals surface area contributed by atoms with Crippen LogP contribution in [-0.4, -0.2) is 28.0 Å². The first-order valence-electron chi connectivity index (χ1n) is 7.63. The highest BCUT2D eigenvalue weighted by atomic mass is 32.2. The molecule has 0 unspecified atom stereocenters. The fourth-order valence-corrected chi connectivity index (χ4v) is 3.69. The van der Waals surface area contributed by atoms with Crippen LogP contribution in [0.15, 0.2) is 28.6 Å². The van der Waals surface area contributed by atoms with Crippen molar-refractivity contribution >= 4 is 34.1 Å². The first kappa shape index (κ1) is 17.7. The second-order valence-corrected chi connectivity index (χ2v) is 8.02. The van der Waals surface area contributed by atoms with E-state index >= 15 is 0 Å². The van der Waals surface area contributed by atoms with Crippen LogP contribution in [0.4, 0.5) is 5.13 Å². The molecule has 0 saturated heterocycles. The number of nitrogens with zero attached hydrogens (tertiary/aromatic N) is 2. The summed E-state index contributed by atoms with van der Waals surface area (Å²) in [6.07, 6.45) is 2.12. The lowest BCUT2D eigenvalue weighted by atomic mass is 10.2. The Bertz CT molecular complexity index is 627. The van der Waals surface area contributed by atoms with Gasteiger partial charge in [-0.25, -0.2) is 0 Å². The molecule has 0 aliphatic carbocycles. The maximum absolute atomic E-state index is 12.2. The fourth-order valence-electron chi connectivity index (χ4n) is 1.72. The molecule has 1 N–H and O–H groups in total. The molecule has 0 bridgehead atoms. The van der Waals surface area contributed by atoms with E-state index in [-0.39, 0.29) is 5.91 Å². The minimum absolute atomic E-state index is 0.192. The average Bonchev–Trinajstić information content (AvgIpc) is 2.94. The summed E-state index contributed by atoms with van der Waals surface area (Å²) in [6.45, 7) is 7.00. The molecule has 1 heterocycles. The molecule has 0 radical (unpaired) electrons. The van der Waals surface area contributed by atoms with Gasteiger partial charge in [0.2, 0.25) is 5.13 Å². The Labute approximate surface area is 144 Å². The van der Waals surface area contributed by atoms with Gasteiger partial charge in [0.15, 0.2) is 4.34 Å². The fraction of sp³-hybridized carbons (Fsp3) is 0.438. The number of ether oxygens (including phenoxy) is 1. The number of hydrogen-bond donors (Lipinski definition) is 1. The Kier molecular flexibility index (Phi) is 6.85. The predicted molar refractivity (Wildman–Crippen MR) is 95.7 cm³/mol. The summed E-state index contributed by atoms with van der Waals surface area (Å²) in [7, 11) is 0. The molecule has 0 spiro atoms. The van der Waals surface area contributed by atoms with E-state index in [1.54, 1.807) is 23.9 Å². The predicted octanol–water partition coefficient (Wildman–Crippen LogP) is 4.47. The Morgan fingerprint density at radius 3 is 2.70 bits per heavy atom. The smallest absolute Gasteiger partial charge is 0.257 e. The van der Waals surface area contributed by atoms with Gasteiger partial charge in [0.05, 0.1) is 6.61 Å². The molecule has 0 fully saturated rings. The van der Waals surface area contributed by atoms with E-state index in [9.17, 15) is 4.79 Å². The van der Waals surface area contributed by atoms with Gasteiger partial charge in [-0.1, -0.05) is 50.3 Å². The lowest BCUT2D eigenvalue weighted by Gasteiger charge is -2.06. The van der Waals surface area contributed by atoms with Crippen molar-refractivity contribution in [3.05, 3.63) is 29.8 Å². The van der Waals surface area contributed by atoms with Crippen LogP contribution in [0.1, 0.15) is 44.0 Å². The summed E-state index contributed by atoms with van der Waals surface area (Å²) in [6, 6.07) is 7.12. The van der Waals surface area contributed by atoms with Gasteiger partial charge >= 0.3 is 0 Å². The van der Waals surface area contributed by atoms with Gasteiger partial charge in [0.25, 0.3) is 5.91 Å². The number of amides is 1. The zero-order chi connectivity index (χ0) is 16.7. The van der Waals surface area contributed by atoms with Crippen molar-refractivity contribution in [2.45, 2.75) is 43.2 Å². The van der Waals surface area contributed by atoms with E-state index < -0.39 is 0 Å². The van der Waals surface area contributed by atoms with Crippen LogP contribution in [0, 0.1) is 0 Å². The van der Waals surface area contributed by atoms with E-state index in [4.69, 9.17) is 4.74 Å². The average molecular weight is 351 g/mol. The summed E-state index contributed by atoms with van der Waals surface area (Å²) in [5, 5.41) is 11.8. The van der Waals surface area contributed by atoms with Crippen molar-refractivity contribution in [2.24, 2.45) is 0 Å². The molecule has 0 atom stereocenters. The highest BCUT2D eigenvalue weighted by Gasteiger charge is 2.11. The summed E-state index contributed by atoms with van der Waals surface area (Å²) >= 11 is 3.02. The van der Waals surface area contributed by atoms with E-state index in [0.29, 0.717) is 22.6 Å². The summed E-state index contributed by atoms with van der Waals surface area (Å²) in [5.41, 5.74) is 0.570. The maximum atomic E-state index is 12.2. The molecule has 0 aliphatic heterocycles. The molecule has 0 aliphatic rings. The molecule has 7 heteroatoms. The van der Waals surface area contributed by atoms with Gasteiger partial charge in [-0.2, -0.15) is 0 Å². The highest BCUT2D eigenvalue weighted by Crippen LogP contribution is 2.28. The molecular weight excluding hydrogens is 330 g/mol. The normalized spacial score (nSPS) is 10.8. The third-order valence-electron chi connectivity index (χ3n) is 2.85. The van der Waals surface area contributed by atoms with Crippen molar-refractivity contribution in [3.8, 4) is 5.75 Å². The van der Waals surface area contributed by atoms with E-state index in [2.05, 4.69) is 36.3 Å². The van der Waals surface area contributed by atoms with E-state index in [0.717, 1.165) is 22.9 Å².